The van der Waals surface area contributed by atoms with Crippen LogP contribution in [-0.2, 0) is 6.42 Å². The van der Waals surface area contributed by atoms with E-state index in [1.165, 1.54) is 5.56 Å². The number of hydrogen-bond donors (Lipinski definition) is 1. The minimum atomic E-state index is 0.171. The molecule has 2 N–H and O–H groups in total. The Morgan fingerprint density at radius 3 is 2.67 bits per heavy atom. The van der Waals surface area contributed by atoms with Crippen molar-refractivity contribution in [3.63, 3.8) is 0 Å². The van der Waals surface area contributed by atoms with Crippen molar-refractivity contribution in [3.05, 3.63) is 34.3 Å². The summed E-state index contributed by atoms with van der Waals surface area (Å²) < 4.78 is 0. The molecule has 1 atom stereocenters. The van der Waals surface area contributed by atoms with Crippen LogP contribution in [0.1, 0.15) is 18.1 Å². The Labute approximate surface area is 78.5 Å². The van der Waals surface area contributed by atoms with Crippen LogP contribution in [0.25, 0.3) is 0 Å². The van der Waals surface area contributed by atoms with Crippen molar-refractivity contribution in [3.8, 4) is 0 Å². The quantitative estimate of drug-likeness (QED) is 0.750. The predicted octanol–water partition coefficient (Wildman–Crippen LogP) is 2.54. The molecule has 12 heavy (non-hydrogen) atoms. The molecule has 1 rings (SSSR count). The van der Waals surface area contributed by atoms with Crippen LogP contribution in [0.4, 0.5) is 0 Å². The number of benzene rings is 1. The summed E-state index contributed by atoms with van der Waals surface area (Å²) >= 11 is 6.02. The Bertz CT molecular complexity index is 269. The van der Waals surface area contributed by atoms with Crippen molar-refractivity contribution in [2.24, 2.45) is 5.73 Å². The summed E-state index contributed by atoms with van der Waals surface area (Å²) in [7, 11) is 0. The zero-order valence-corrected chi connectivity index (χ0v) is 8.23. The molecular weight excluding hydrogens is 170 g/mol. The van der Waals surface area contributed by atoms with E-state index in [1.54, 1.807) is 0 Å². The Hall–Kier alpha value is -0.530. The first-order valence-corrected chi connectivity index (χ1v) is 4.48. The van der Waals surface area contributed by atoms with Crippen molar-refractivity contribution in [1.29, 1.82) is 0 Å². The molecular formula is C10H14ClN. The molecule has 0 saturated heterocycles. The van der Waals surface area contributed by atoms with Gasteiger partial charge in [-0.25, -0.2) is 0 Å². The molecule has 0 aliphatic rings. The molecule has 0 spiro atoms. The number of halogens is 1. The lowest BCUT2D eigenvalue weighted by atomic mass is 10.1. The largest absolute Gasteiger partial charge is 0.328 e. The van der Waals surface area contributed by atoms with Crippen LogP contribution in [0.15, 0.2) is 18.2 Å². The summed E-state index contributed by atoms with van der Waals surface area (Å²) in [5.74, 6) is 0. The molecule has 1 unspecified atom stereocenters. The average molecular weight is 184 g/mol. The van der Waals surface area contributed by atoms with Gasteiger partial charge < -0.3 is 5.73 Å². The highest BCUT2D eigenvalue weighted by atomic mass is 35.5. The van der Waals surface area contributed by atoms with Crippen LogP contribution < -0.4 is 5.73 Å². The Morgan fingerprint density at radius 2 is 2.17 bits per heavy atom. The lowest BCUT2D eigenvalue weighted by molar-refractivity contribution is 0.738. The van der Waals surface area contributed by atoms with Crippen molar-refractivity contribution >= 4 is 11.6 Å². The average Bonchev–Trinajstić information content (AvgIpc) is 1.94. The molecule has 0 aromatic heterocycles. The minimum absolute atomic E-state index is 0.171. The first-order valence-electron chi connectivity index (χ1n) is 4.10. The van der Waals surface area contributed by atoms with Crippen molar-refractivity contribution in [1.82, 2.24) is 0 Å². The molecule has 0 aliphatic carbocycles. The molecule has 1 aromatic rings. The monoisotopic (exact) mass is 183 g/mol. The highest BCUT2D eigenvalue weighted by Crippen LogP contribution is 2.18. The zero-order chi connectivity index (χ0) is 9.14. The van der Waals surface area contributed by atoms with Gasteiger partial charge in [0.05, 0.1) is 0 Å². The van der Waals surface area contributed by atoms with E-state index in [0.29, 0.717) is 0 Å². The van der Waals surface area contributed by atoms with E-state index in [1.807, 2.05) is 26.0 Å². The Balaban J connectivity index is 2.86. The number of nitrogens with two attached hydrogens (primary N) is 1. The maximum atomic E-state index is 6.02. The molecule has 0 fully saturated rings. The summed E-state index contributed by atoms with van der Waals surface area (Å²) in [4.78, 5) is 0. The van der Waals surface area contributed by atoms with E-state index in [2.05, 4.69) is 6.07 Å². The minimum Gasteiger partial charge on any atom is -0.328 e. The Morgan fingerprint density at radius 1 is 1.50 bits per heavy atom. The molecule has 0 radical (unpaired) electrons. The molecule has 0 saturated carbocycles. The van der Waals surface area contributed by atoms with Gasteiger partial charge >= 0.3 is 0 Å². The summed E-state index contributed by atoms with van der Waals surface area (Å²) in [6.45, 7) is 4.01. The second kappa shape index (κ2) is 3.92. The van der Waals surface area contributed by atoms with Crippen LogP contribution >= 0.6 is 11.6 Å². The molecule has 0 bridgehead atoms. The van der Waals surface area contributed by atoms with Gasteiger partial charge in [0.25, 0.3) is 0 Å². The summed E-state index contributed by atoms with van der Waals surface area (Å²) in [6.07, 6.45) is 0.846. The van der Waals surface area contributed by atoms with E-state index in [4.69, 9.17) is 17.3 Å². The summed E-state index contributed by atoms with van der Waals surface area (Å²) in [6, 6.07) is 6.24. The second-order valence-electron chi connectivity index (χ2n) is 3.28. The van der Waals surface area contributed by atoms with Gasteiger partial charge in [-0.15, -0.1) is 0 Å². The van der Waals surface area contributed by atoms with Gasteiger partial charge in [0.1, 0.15) is 0 Å². The third-order valence-corrected chi connectivity index (χ3v) is 2.10. The van der Waals surface area contributed by atoms with Crippen LogP contribution in [0, 0.1) is 6.92 Å². The molecule has 0 amide bonds. The fourth-order valence-electron chi connectivity index (χ4n) is 1.16. The van der Waals surface area contributed by atoms with Gasteiger partial charge in [0.2, 0.25) is 0 Å². The topological polar surface area (TPSA) is 26.0 Å². The predicted molar refractivity (Wildman–Crippen MR) is 53.5 cm³/mol. The van der Waals surface area contributed by atoms with E-state index >= 15 is 0 Å². The molecule has 66 valence electrons. The standard InChI is InChI=1S/C10H14ClN/c1-7-3-4-9(6-8(2)12)10(11)5-7/h3-5,8H,6,12H2,1-2H3. The lowest BCUT2D eigenvalue weighted by Gasteiger charge is -2.07. The fraction of sp³-hybridized carbons (Fsp3) is 0.400. The first kappa shape index (κ1) is 9.56. The van der Waals surface area contributed by atoms with Gasteiger partial charge in [-0.1, -0.05) is 23.7 Å². The van der Waals surface area contributed by atoms with Crippen molar-refractivity contribution in [2.45, 2.75) is 26.3 Å². The highest BCUT2D eigenvalue weighted by molar-refractivity contribution is 6.31. The molecule has 0 aliphatic heterocycles. The first-order chi connectivity index (χ1) is 5.59. The van der Waals surface area contributed by atoms with Crippen molar-refractivity contribution in [2.75, 3.05) is 0 Å². The molecule has 1 aromatic carbocycles. The van der Waals surface area contributed by atoms with Crippen LogP contribution in [-0.4, -0.2) is 6.04 Å². The van der Waals surface area contributed by atoms with E-state index < -0.39 is 0 Å². The second-order valence-corrected chi connectivity index (χ2v) is 3.68. The smallest absolute Gasteiger partial charge is 0.0441 e. The van der Waals surface area contributed by atoms with Gasteiger partial charge in [-0.2, -0.15) is 0 Å². The summed E-state index contributed by atoms with van der Waals surface area (Å²) in [5, 5.41) is 0.826. The van der Waals surface area contributed by atoms with E-state index in [-0.39, 0.29) is 6.04 Å². The SMILES string of the molecule is Cc1ccc(CC(C)N)c(Cl)c1. The van der Waals surface area contributed by atoms with Gasteiger partial charge in [0, 0.05) is 11.1 Å². The zero-order valence-electron chi connectivity index (χ0n) is 7.47. The van der Waals surface area contributed by atoms with Gasteiger partial charge in [0.15, 0.2) is 0 Å². The molecule has 1 nitrogen and oxygen atoms in total. The van der Waals surface area contributed by atoms with E-state index in [0.717, 1.165) is 17.0 Å². The lowest BCUT2D eigenvalue weighted by Crippen LogP contribution is -2.17. The maximum absolute atomic E-state index is 6.02. The highest BCUT2D eigenvalue weighted by Gasteiger charge is 2.02. The van der Waals surface area contributed by atoms with Crippen LogP contribution in [0.3, 0.4) is 0 Å². The van der Waals surface area contributed by atoms with Crippen LogP contribution in [0.2, 0.25) is 5.02 Å². The third-order valence-electron chi connectivity index (χ3n) is 1.75. The number of rotatable bonds is 2. The van der Waals surface area contributed by atoms with Crippen molar-refractivity contribution < 1.29 is 0 Å². The van der Waals surface area contributed by atoms with Crippen LogP contribution in [0.5, 0.6) is 0 Å². The fourth-order valence-corrected chi connectivity index (χ4v) is 1.48. The molecule has 2 heteroatoms. The Kier molecular flexibility index (Phi) is 3.12. The maximum Gasteiger partial charge on any atom is 0.0441 e. The van der Waals surface area contributed by atoms with E-state index in [9.17, 15) is 0 Å². The number of aryl methyl sites for hydroxylation is 1. The normalized spacial score (nSPS) is 13.0. The summed E-state index contributed by atoms with van der Waals surface area (Å²) in [5.41, 5.74) is 8.00. The third kappa shape index (κ3) is 2.50. The van der Waals surface area contributed by atoms with Gasteiger partial charge in [-0.05, 0) is 37.5 Å². The van der Waals surface area contributed by atoms with Gasteiger partial charge in [-0.3, -0.25) is 0 Å². The molecule has 0 heterocycles. The number of hydrogen-bond acceptors (Lipinski definition) is 1.